The predicted octanol–water partition coefficient (Wildman–Crippen LogP) is 6.83. The predicted molar refractivity (Wildman–Crippen MR) is 227 cm³/mol. The summed E-state index contributed by atoms with van der Waals surface area (Å²) < 4.78 is 20.1. The van der Waals surface area contributed by atoms with Gasteiger partial charge < -0.3 is 39.3 Å². The summed E-state index contributed by atoms with van der Waals surface area (Å²) in [4.78, 5) is 32.2. The summed E-state index contributed by atoms with van der Waals surface area (Å²) >= 11 is 0. The Kier molecular flexibility index (Phi) is 14.4. The number of nitrogens with one attached hydrogen (secondary N) is 2. The first kappa shape index (κ1) is 46.9. The average molecular weight is 813 g/mol. The molecule has 5 atom stereocenters. The number of nitrogens with zero attached hydrogens (tertiary/aromatic N) is 4. The molecule has 1 aliphatic rings. The lowest BCUT2D eigenvalue weighted by atomic mass is 9.76. The number of benzene rings is 2. The van der Waals surface area contributed by atoms with E-state index in [9.17, 15) is 25.3 Å². The minimum absolute atomic E-state index is 0.0985. The van der Waals surface area contributed by atoms with Crippen molar-refractivity contribution < 1.29 is 33.4 Å². The SMILES string of the molecule is CC(C)[Si](OC[C@]1(NC(=O)N(C)C)[C@@H](N=[N+]=[N-])[C@H](NC(=O)OC(C)(C)C)[C@](O)(CO[Si](c2ccccc2)(c2ccccc2)C(C)(C)C)[C@]1(C)O)(C(C)C)C(C)C. The van der Waals surface area contributed by atoms with E-state index >= 15 is 0 Å². The minimum atomic E-state index is -3.40. The van der Waals surface area contributed by atoms with Gasteiger partial charge in [0.05, 0.1) is 25.3 Å². The Hall–Kier alpha value is -3.44. The lowest BCUT2D eigenvalue weighted by Gasteiger charge is -2.51. The highest BCUT2D eigenvalue weighted by molar-refractivity contribution is 6.99. The fourth-order valence-corrected chi connectivity index (χ4v) is 19.2. The van der Waals surface area contributed by atoms with Crippen molar-refractivity contribution in [3.8, 4) is 0 Å². The van der Waals surface area contributed by atoms with Gasteiger partial charge in [-0.15, -0.1) is 0 Å². The van der Waals surface area contributed by atoms with Crippen LogP contribution >= 0.6 is 0 Å². The number of azide groups is 1. The molecule has 2 aromatic rings. The molecule has 1 aliphatic carbocycles. The van der Waals surface area contributed by atoms with E-state index in [0.717, 1.165) is 10.4 Å². The van der Waals surface area contributed by atoms with E-state index in [-0.39, 0.29) is 23.2 Å². The molecule has 0 spiro atoms. The van der Waals surface area contributed by atoms with Gasteiger partial charge in [0, 0.05) is 19.0 Å². The fraction of sp³-hybridized carbons (Fsp3) is 0.659. The Balaban J connectivity index is 2.46. The van der Waals surface area contributed by atoms with Crippen LogP contribution < -0.4 is 21.0 Å². The van der Waals surface area contributed by atoms with Gasteiger partial charge in [-0.1, -0.05) is 128 Å². The molecular formula is C41H68N6O7Si2. The highest BCUT2D eigenvalue weighted by atomic mass is 28.4. The number of amides is 3. The molecule has 1 saturated carbocycles. The highest BCUT2D eigenvalue weighted by Crippen LogP contribution is 2.52. The maximum Gasteiger partial charge on any atom is 0.407 e. The molecule has 3 amide bonds. The van der Waals surface area contributed by atoms with Gasteiger partial charge in [-0.05, 0) is 65.3 Å². The summed E-state index contributed by atoms with van der Waals surface area (Å²) in [5.41, 5.74) is 2.72. The molecule has 0 aliphatic heterocycles. The van der Waals surface area contributed by atoms with E-state index in [1.807, 2.05) is 60.7 Å². The van der Waals surface area contributed by atoms with Gasteiger partial charge in [-0.25, -0.2) is 9.59 Å². The lowest BCUT2D eigenvalue weighted by Crippen LogP contribution is -2.75. The van der Waals surface area contributed by atoms with Gasteiger partial charge in [0.2, 0.25) is 0 Å². The molecule has 0 aromatic heterocycles. The summed E-state index contributed by atoms with van der Waals surface area (Å²) in [6, 6.07) is 15.9. The quantitative estimate of drug-likeness (QED) is 0.0699. The number of hydrogen-bond acceptors (Lipinski definition) is 8. The van der Waals surface area contributed by atoms with Crippen molar-refractivity contribution in [3.05, 3.63) is 71.1 Å². The van der Waals surface area contributed by atoms with Crippen molar-refractivity contribution in [3.63, 3.8) is 0 Å². The van der Waals surface area contributed by atoms with Crippen molar-refractivity contribution >= 4 is 39.1 Å². The third-order valence-electron chi connectivity index (χ3n) is 11.8. The van der Waals surface area contributed by atoms with Crippen LogP contribution in [0.4, 0.5) is 9.59 Å². The first-order valence-electron chi connectivity index (χ1n) is 19.6. The van der Waals surface area contributed by atoms with Crippen LogP contribution in [0.1, 0.15) is 90.0 Å². The standard InChI is InChI=1S/C41H68N6O7Si2/c1-28(2)55(29(3)4,30(5)6)52-26-40(44-35(48)47(14)15)33(45-46-42)34(43-36(49)54-37(7,8)9)41(51,39(40,13)50)27-53-56(38(10,11)12,31-22-18-16-19-23-31)32-24-20-17-21-25-32/h16-25,28-30,33-34,50-51H,26-27H2,1-15H3,(H,43,49)(H,44,48)/t33-,34-,39+,40-,41+/m0/s1. The van der Waals surface area contributed by atoms with Crippen molar-refractivity contribution in [2.75, 3.05) is 27.3 Å². The second-order valence-corrected chi connectivity index (χ2v) is 28.4. The van der Waals surface area contributed by atoms with Crippen LogP contribution in [0.15, 0.2) is 65.8 Å². The molecule has 15 heteroatoms. The number of rotatable bonds is 14. The number of alkyl carbamates (subject to hydrolysis) is 1. The summed E-state index contributed by atoms with van der Waals surface area (Å²) in [5.74, 6) is 0. The van der Waals surface area contributed by atoms with Crippen molar-refractivity contribution in [2.24, 2.45) is 5.11 Å². The Morgan fingerprint density at radius 3 is 1.70 bits per heavy atom. The highest BCUT2D eigenvalue weighted by Gasteiger charge is 2.76. The van der Waals surface area contributed by atoms with E-state index in [0.29, 0.717) is 0 Å². The van der Waals surface area contributed by atoms with Gasteiger partial charge in [0.15, 0.2) is 8.32 Å². The molecule has 0 saturated heterocycles. The molecular weight excluding hydrogens is 745 g/mol. The van der Waals surface area contributed by atoms with Crippen LogP contribution in [0.5, 0.6) is 0 Å². The topological polar surface area (TPSA) is 178 Å². The molecule has 0 bridgehead atoms. The second-order valence-electron chi connectivity index (χ2n) is 18.6. The molecule has 2 aromatic carbocycles. The maximum atomic E-state index is 13.9. The first-order valence-corrected chi connectivity index (χ1v) is 23.6. The molecule has 56 heavy (non-hydrogen) atoms. The number of carbonyl (C=O) groups excluding carboxylic acids is 2. The molecule has 0 radical (unpaired) electrons. The zero-order valence-corrected chi connectivity index (χ0v) is 38.3. The smallest absolute Gasteiger partial charge is 0.407 e. The van der Waals surface area contributed by atoms with Crippen molar-refractivity contribution in [1.29, 1.82) is 0 Å². The van der Waals surface area contributed by atoms with Crippen LogP contribution in [-0.4, -0.2) is 106 Å². The lowest BCUT2D eigenvalue weighted by molar-refractivity contribution is -0.177. The summed E-state index contributed by atoms with van der Waals surface area (Å²) in [6.07, 6.45) is -0.925. The first-order chi connectivity index (χ1) is 25.7. The third-order valence-corrected chi connectivity index (χ3v) is 22.9. The zero-order valence-electron chi connectivity index (χ0n) is 36.3. The van der Waals surface area contributed by atoms with Gasteiger partial charge in [-0.2, -0.15) is 0 Å². The van der Waals surface area contributed by atoms with Gasteiger partial charge in [-0.3, -0.25) is 0 Å². The number of ether oxygens (including phenoxy) is 1. The summed E-state index contributed by atoms with van der Waals surface area (Å²) in [5, 5.41) is 38.1. The minimum Gasteiger partial charge on any atom is -0.444 e. The molecule has 0 unspecified atom stereocenters. The number of urea groups is 1. The van der Waals surface area contributed by atoms with E-state index in [4.69, 9.17) is 13.6 Å². The van der Waals surface area contributed by atoms with E-state index in [1.165, 1.54) is 11.8 Å². The average Bonchev–Trinajstić information content (AvgIpc) is 3.20. The fourth-order valence-electron chi connectivity index (χ4n) is 9.09. The Morgan fingerprint density at radius 1 is 0.857 bits per heavy atom. The molecule has 4 N–H and O–H groups in total. The van der Waals surface area contributed by atoms with E-state index in [2.05, 4.69) is 83.0 Å². The zero-order chi connectivity index (χ0) is 42.7. The van der Waals surface area contributed by atoms with Gasteiger partial charge in [0.25, 0.3) is 8.32 Å². The van der Waals surface area contributed by atoms with Crippen molar-refractivity contribution in [1.82, 2.24) is 15.5 Å². The van der Waals surface area contributed by atoms with E-state index in [1.54, 1.807) is 34.9 Å². The van der Waals surface area contributed by atoms with Crippen LogP contribution in [0.2, 0.25) is 21.7 Å². The Morgan fingerprint density at radius 2 is 1.32 bits per heavy atom. The van der Waals surface area contributed by atoms with Gasteiger partial charge in [0.1, 0.15) is 22.3 Å². The summed E-state index contributed by atoms with van der Waals surface area (Å²) in [7, 11) is -3.08. The second kappa shape index (κ2) is 17.2. The van der Waals surface area contributed by atoms with Crippen LogP contribution in [-0.2, 0) is 13.6 Å². The monoisotopic (exact) mass is 812 g/mol. The van der Waals surface area contributed by atoms with Crippen LogP contribution in [0.3, 0.4) is 0 Å². The Labute approximate surface area is 336 Å². The normalized spacial score (nSPS) is 24.6. The van der Waals surface area contributed by atoms with E-state index < -0.39 is 74.8 Å². The Bertz CT molecular complexity index is 1630. The summed E-state index contributed by atoms with van der Waals surface area (Å²) in [6.45, 7) is 24.5. The van der Waals surface area contributed by atoms with Gasteiger partial charge >= 0.3 is 12.1 Å². The van der Waals surface area contributed by atoms with Crippen molar-refractivity contribution in [2.45, 2.75) is 146 Å². The third kappa shape index (κ3) is 8.55. The number of aliphatic hydroxyl groups is 2. The molecule has 1 fully saturated rings. The molecule has 13 nitrogen and oxygen atoms in total. The molecule has 0 heterocycles. The maximum absolute atomic E-state index is 13.9. The number of hydrogen-bond donors (Lipinski definition) is 4. The molecule has 3 rings (SSSR count). The molecule has 312 valence electrons. The largest absolute Gasteiger partial charge is 0.444 e. The number of carbonyl (C=O) groups is 2. The van der Waals surface area contributed by atoms with Crippen LogP contribution in [0, 0.1) is 0 Å². The van der Waals surface area contributed by atoms with Crippen LogP contribution in [0.25, 0.3) is 10.4 Å².